The predicted molar refractivity (Wildman–Crippen MR) is 102 cm³/mol. The zero-order valence-electron chi connectivity index (χ0n) is 14.6. The second-order valence-electron chi connectivity index (χ2n) is 6.38. The molecular formula is C20H21N5O. The van der Waals surface area contributed by atoms with Crippen LogP contribution in [-0.2, 0) is 4.74 Å². The van der Waals surface area contributed by atoms with Gasteiger partial charge in [-0.25, -0.2) is 9.50 Å². The summed E-state index contributed by atoms with van der Waals surface area (Å²) < 4.78 is 7.54. The highest BCUT2D eigenvalue weighted by molar-refractivity contribution is 6.05. The first-order valence-corrected chi connectivity index (χ1v) is 8.77. The van der Waals surface area contributed by atoms with E-state index in [1.54, 1.807) is 12.3 Å². The molecule has 0 amide bonds. The number of para-hydroxylation sites is 1. The molecule has 1 saturated heterocycles. The Morgan fingerprint density at radius 2 is 2.15 bits per heavy atom. The van der Waals surface area contributed by atoms with Crippen molar-refractivity contribution in [1.29, 1.82) is 5.41 Å². The van der Waals surface area contributed by atoms with E-state index in [1.807, 2.05) is 53.9 Å². The molecule has 0 aliphatic carbocycles. The summed E-state index contributed by atoms with van der Waals surface area (Å²) >= 11 is 0. The Labute approximate surface area is 152 Å². The molecule has 1 aliphatic heterocycles. The Morgan fingerprint density at radius 1 is 1.31 bits per heavy atom. The van der Waals surface area contributed by atoms with E-state index < -0.39 is 0 Å². The molecule has 0 bridgehead atoms. The van der Waals surface area contributed by atoms with Crippen molar-refractivity contribution in [3.8, 4) is 0 Å². The average Bonchev–Trinajstić information content (AvgIpc) is 3.32. The van der Waals surface area contributed by atoms with Crippen LogP contribution in [0.25, 0.3) is 5.65 Å². The maximum absolute atomic E-state index is 8.30. The van der Waals surface area contributed by atoms with Crippen LogP contribution >= 0.6 is 0 Å². The van der Waals surface area contributed by atoms with Gasteiger partial charge in [-0.05, 0) is 44.0 Å². The van der Waals surface area contributed by atoms with E-state index in [4.69, 9.17) is 10.1 Å². The molecule has 1 unspecified atom stereocenters. The number of aryl methyl sites for hydroxylation is 1. The summed E-state index contributed by atoms with van der Waals surface area (Å²) in [7, 11) is 0. The van der Waals surface area contributed by atoms with Crippen LogP contribution in [-0.4, -0.2) is 26.9 Å². The maximum Gasteiger partial charge on any atom is 0.156 e. The fraction of sp³-hybridized carbons (Fsp3) is 0.250. The molecule has 1 atom stereocenters. The molecule has 3 heterocycles. The Morgan fingerprint density at radius 3 is 2.92 bits per heavy atom. The van der Waals surface area contributed by atoms with Crippen LogP contribution in [0.2, 0.25) is 0 Å². The molecule has 0 spiro atoms. The van der Waals surface area contributed by atoms with Gasteiger partial charge < -0.3 is 10.1 Å². The van der Waals surface area contributed by atoms with Crippen LogP contribution in [0.1, 0.15) is 36.0 Å². The SMILES string of the molecule is Cc1cc(C(=N)/C=C\Nc2ccccc2)nc2cc(C3CCCO3)nn12. The largest absolute Gasteiger partial charge is 0.372 e. The van der Waals surface area contributed by atoms with E-state index in [-0.39, 0.29) is 6.10 Å². The highest BCUT2D eigenvalue weighted by Gasteiger charge is 2.21. The zero-order valence-corrected chi connectivity index (χ0v) is 14.6. The van der Waals surface area contributed by atoms with Crippen LogP contribution in [0.15, 0.2) is 54.7 Å². The van der Waals surface area contributed by atoms with Gasteiger partial charge in [0.1, 0.15) is 6.10 Å². The number of hydrogen-bond donors (Lipinski definition) is 2. The van der Waals surface area contributed by atoms with Crippen molar-refractivity contribution in [3.05, 3.63) is 71.8 Å². The molecule has 1 fully saturated rings. The van der Waals surface area contributed by atoms with Gasteiger partial charge in [-0.15, -0.1) is 0 Å². The van der Waals surface area contributed by atoms with Gasteiger partial charge in [-0.2, -0.15) is 5.10 Å². The third-order valence-corrected chi connectivity index (χ3v) is 4.43. The monoisotopic (exact) mass is 347 g/mol. The quantitative estimate of drug-likeness (QED) is 0.687. The lowest BCUT2D eigenvalue weighted by Crippen LogP contribution is -2.05. The normalized spacial score (nSPS) is 17.2. The van der Waals surface area contributed by atoms with Crippen LogP contribution in [0.4, 0.5) is 5.69 Å². The number of benzene rings is 1. The summed E-state index contributed by atoms with van der Waals surface area (Å²) in [6, 6.07) is 13.7. The Bertz CT molecular complexity index is 955. The van der Waals surface area contributed by atoms with E-state index in [1.165, 1.54) is 0 Å². The number of aromatic nitrogens is 3. The van der Waals surface area contributed by atoms with Crippen molar-refractivity contribution in [2.45, 2.75) is 25.9 Å². The summed E-state index contributed by atoms with van der Waals surface area (Å²) in [4.78, 5) is 4.60. The molecular weight excluding hydrogens is 326 g/mol. The topological polar surface area (TPSA) is 75.3 Å². The number of rotatable bonds is 5. The number of fused-ring (bicyclic) bond motifs is 1. The molecule has 2 N–H and O–H groups in total. The van der Waals surface area contributed by atoms with Gasteiger partial charge in [0.15, 0.2) is 5.65 Å². The van der Waals surface area contributed by atoms with Gasteiger partial charge >= 0.3 is 0 Å². The number of nitrogens with zero attached hydrogens (tertiary/aromatic N) is 3. The highest BCUT2D eigenvalue weighted by Crippen LogP contribution is 2.28. The summed E-state index contributed by atoms with van der Waals surface area (Å²) in [6.45, 7) is 2.77. The van der Waals surface area contributed by atoms with E-state index in [2.05, 4.69) is 15.4 Å². The molecule has 6 heteroatoms. The van der Waals surface area contributed by atoms with Crippen molar-refractivity contribution in [1.82, 2.24) is 14.6 Å². The van der Waals surface area contributed by atoms with E-state index in [9.17, 15) is 0 Å². The molecule has 6 nitrogen and oxygen atoms in total. The van der Waals surface area contributed by atoms with E-state index in [0.29, 0.717) is 11.4 Å². The van der Waals surface area contributed by atoms with E-state index >= 15 is 0 Å². The minimum absolute atomic E-state index is 0.0639. The van der Waals surface area contributed by atoms with Crippen molar-refractivity contribution < 1.29 is 4.74 Å². The molecule has 1 aliphatic rings. The smallest absolute Gasteiger partial charge is 0.156 e. The van der Waals surface area contributed by atoms with Crippen LogP contribution in [0.5, 0.6) is 0 Å². The minimum Gasteiger partial charge on any atom is -0.372 e. The Balaban J connectivity index is 1.54. The molecule has 2 aromatic heterocycles. The van der Waals surface area contributed by atoms with E-state index in [0.717, 1.165) is 42.2 Å². The van der Waals surface area contributed by atoms with Crippen LogP contribution < -0.4 is 5.32 Å². The first kappa shape index (κ1) is 16.5. The van der Waals surface area contributed by atoms with Gasteiger partial charge in [-0.1, -0.05) is 18.2 Å². The molecule has 3 aromatic rings. The minimum atomic E-state index is 0.0639. The molecule has 1 aromatic carbocycles. The highest BCUT2D eigenvalue weighted by atomic mass is 16.5. The van der Waals surface area contributed by atoms with Crippen molar-refractivity contribution in [2.75, 3.05) is 11.9 Å². The lowest BCUT2D eigenvalue weighted by Gasteiger charge is -2.04. The third-order valence-electron chi connectivity index (χ3n) is 4.43. The fourth-order valence-electron chi connectivity index (χ4n) is 3.09. The first-order valence-electron chi connectivity index (χ1n) is 8.77. The van der Waals surface area contributed by atoms with Crippen LogP contribution in [0, 0.1) is 12.3 Å². The Kier molecular flexibility index (Phi) is 4.50. The first-order chi connectivity index (χ1) is 12.7. The predicted octanol–water partition coefficient (Wildman–Crippen LogP) is 3.88. The second-order valence-corrected chi connectivity index (χ2v) is 6.38. The lowest BCUT2D eigenvalue weighted by atomic mass is 10.2. The summed E-state index contributed by atoms with van der Waals surface area (Å²) in [5.41, 5.74) is 4.57. The standard InChI is InChI=1S/C20H21N5O/c1-14-12-17(16(21)9-10-22-15-6-3-2-4-7-15)23-20-13-18(24-25(14)20)19-8-5-11-26-19/h2-4,6-7,9-10,12-13,19,21-22H,5,8,11H2,1H3/b10-9-,21-16?. The number of allylic oxidation sites excluding steroid dienone is 1. The third kappa shape index (κ3) is 3.36. The van der Waals surface area contributed by atoms with Gasteiger partial charge in [0.2, 0.25) is 0 Å². The number of nitrogens with one attached hydrogen (secondary N) is 2. The summed E-state index contributed by atoms with van der Waals surface area (Å²) in [5, 5.41) is 16.1. The van der Waals surface area contributed by atoms with Crippen molar-refractivity contribution in [2.24, 2.45) is 0 Å². The molecule has 0 saturated carbocycles. The second kappa shape index (κ2) is 7.09. The number of anilines is 1. The molecule has 132 valence electrons. The molecule has 4 rings (SSSR count). The summed E-state index contributed by atoms with van der Waals surface area (Å²) in [6.07, 6.45) is 5.60. The zero-order chi connectivity index (χ0) is 17.9. The number of hydrogen-bond acceptors (Lipinski definition) is 5. The number of ether oxygens (including phenoxy) is 1. The average molecular weight is 347 g/mol. The Hall–Kier alpha value is -2.99. The van der Waals surface area contributed by atoms with Crippen molar-refractivity contribution >= 4 is 17.0 Å². The summed E-state index contributed by atoms with van der Waals surface area (Å²) in [5.74, 6) is 0. The van der Waals surface area contributed by atoms with Gasteiger partial charge in [-0.3, -0.25) is 5.41 Å². The van der Waals surface area contributed by atoms with Gasteiger partial charge in [0.05, 0.1) is 17.1 Å². The van der Waals surface area contributed by atoms with Crippen molar-refractivity contribution in [3.63, 3.8) is 0 Å². The van der Waals surface area contributed by atoms with Gasteiger partial charge in [0, 0.05) is 30.3 Å². The van der Waals surface area contributed by atoms with Crippen LogP contribution in [0.3, 0.4) is 0 Å². The maximum atomic E-state index is 8.30. The molecule has 26 heavy (non-hydrogen) atoms. The molecule has 0 radical (unpaired) electrons. The fourth-order valence-corrected chi connectivity index (χ4v) is 3.09. The lowest BCUT2D eigenvalue weighted by molar-refractivity contribution is 0.108. The van der Waals surface area contributed by atoms with Gasteiger partial charge in [0.25, 0.3) is 0 Å².